The number of hydrogen-bond donors (Lipinski definition) is 3. The number of amides is 2. The first-order valence-corrected chi connectivity index (χ1v) is 15.9. The monoisotopic (exact) mass is 751 g/mol. The Labute approximate surface area is 282 Å². The average Bonchev–Trinajstić information content (AvgIpc) is 3.51. The number of aromatic nitrogens is 1. The molecule has 12 heteroatoms. The largest absolute Gasteiger partial charge is 0.493 e. The van der Waals surface area contributed by atoms with Crippen LogP contribution >= 0.6 is 45.5 Å². The van der Waals surface area contributed by atoms with Gasteiger partial charge in [-0.15, -0.1) is 11.3 Å². The molecule has 0 bridgehead atoms. The fourth-order valence-electron chi connectivity index (χ4n) is 4.09. The smallest absolute Gasteiger partial charge is 0.271 e. The van der Waals surface area contributed by atoms with Gasteiger partial charge in [-0.25, -0.2) is 10.4 Å². The van der Waals surface area contributed by atoms with E-state index in [1.165, 1.54) is 30.2 Å². The zero-order valence-electron chi connectivity index (χ0n) is 24.1. The molecule has 9 nitrogen and oxygen atoms in total. The summed E-state index contributed by atoms with van der Waals surface area (Å²) in [4.78, 5) is 29.8. The highest BCUT2D eigenvalue weighted by atomic mass is 127. The van der Waals surface area contributed by atoms with Crippen molar-refractivity contribution in [1.29, 1.82) is 0 Å². The average molecular weight is 752 g/mol. The van der Waals surface area contributed by atoms with Crippen molar-refractivity contribution in [3.63, 3.8) is 0 Å². The van der Waals surface area contributed by atoms with Crippen molar-refractivity contribution in [2.45, 2.75) is 6.92 Å². The molecule has 3 N–H and O–H groups in total. The molecule has 1 aromatic heterocycles. The van der Waals surface area contributed by atoms with Gasteiger partial charge in [0.2, 0.25) is 0 Å². The predicted molar refractivity (Wildman–Crippen MR) is 188 cm³/mol. The van der Waals surface area contributed by atoms with E-state index in [4.69, 9.17) is 21.1 Å². The first kappa shape index (κ1) is 31.9. The second-order valence-corrected chi connectivity index (χ2v) is 12.1. The fraction of sp³-hybridized carbons (Fsp3) is 0.0909. The number of carbonyl (C=O) groups excluding carboxylic acids is 2. The summed E-state index contributed by atoms with van der Waals surface area (Å²) in [7, 11) is 1.50. The Hall–Kier alpha value is -4.46. The Morgan fingerprint density at radius 1 is 1.04 bits per heavy atom. The number of para-hydroxylation sites is 1. The molecule has 0 radical (unpaired) electrons. The minimum Gasteiger partial charge on any atom is -0.493 e. The van der Waals surface area contributed by atoms with Crippen LogP contribution in [0.15, 0.2) is 95.4 Å². The van der Waals surface area contributed by atoms with Crippen LogP contribution in [0.2, 0.25) is 5.02 Å². The molecule has 1 heterocycles. The molecule has 4 aromatic carbocycles. The third kappa shape index (κ3) is 8.59. The third-order valence-corrected chi connectivity index (χ3v) is 8.27. The number of nitrogens with one attached hydrogen (secondary N) is 3. The topological polar surface area (TPSA) is 114 Å². The highest BCUT2D eigenvalue weighted by Gasteiger charge is 2.14. The van der Waals surface area contributed by atoms with Crippen molar-refractivity contribution >= 4 is 80.1 Å². The summed E-state index contributed by atoms with van der Waals surface area (Å²) in [6, 6.07) is 25.7. The molecule has 0 spiro atoms. The van der Waals surface area contributed by atoms with E-state index in [2.05, 4.69) is 48.7 Å². The van der Waals surface area contributed by atoms with E-state index >= 15 is 0 Å². The molecule has 0 saturated carbocycles. The van der Waals surface area contributed by atoms with Crippen LogP contribution in [0.25, 0.3) is 11.3 Å². The number of hydrogen-bond acceptors (Lipinski definition) is 8. The molecule has 0 aliphatic heterocycles. The standard InChI is InChI=1S/C33H27ClIN5O4S/c1-20-7-13-24(14-8-20)37-33-39-28(19-45-33)22-9-11-23(12-10-22)32(42)40-36-17-21-15-26(35)31(29(16-21)43-2)44-18-30(41)38-27-6-4-3-5-25(27)34/h3-17,19H,18H2,1-2H3,(H,37,39)(H,38,41)(H,40,42)/b36-17+. The number of thiazole rings is 1. The Morgan fingerprint density at radius 2 is 1.80 bits per heavy atom. The van der Waals surface area contributed by atoms with Gasteiger partial charge < -0.3 is 20.1 Å². The van der Waals surface area contributed by atoms with Gasteiger partial charge >= 0.3 is 0 Å². The lowest BCUT2D eigenvalue weighted by Gasteiger charge is -2.14. The third-order valence-electron chi connectivity index (χ3n) is 6.38. The van der Waals surface area contributed by atoms with Gasteiger partial charge in [0.05, 0.1) is 33.3 Å². The van der Waals surface area contributed by atoms with Crippen LogP contribution in [0.3, 0.4) is 0 Å². The summed E-state index contributed by atoms with van der Waals surface area (Å²) in [5.74, 6) is 0.0969. The van der Waals surface area contributed by atoms with Crippen molar-refractivity contribution in [1.82, 2.24) is 10.4 Å². The molecule has 0 aliphatic carbocycles. The van der Waals surface area contributed by atoms with Gasteiger partial charge in [0.25, 0.3) is 11.8 Å². The summed E-state index contributed by atoms with van der Waals surface area (Å²) in [5, 5.41) is 13.3. The predicted octanol–water partition coefficient (Wildman–Crippen LogP) is 7.91. The number of halogens is 2. The summed E-state index contributed by atoms with van der Waals surface area (Å²) in [6.45, 7) is 1.80. The lowest BCUT2D eigenvalue weighted by Crippen LogP contribution is -2.21. The first-order valence-electron chi connectivity index (χ1n) is 13.6. The minimum absolute atomic E-state index is 0.242. The van der Waals surface area contributed by atoms with Crippen molar-refractivity contribution < 1.29 is 19.1 Å². The highest BCUT2D eigenvalue weighted by Crippen LogP contribution is 2.34. The van der Waals surface area contributed by atoms with Crippen LogP contribution in [-0.2, 0) is 4.79 Å². The van der Waals surface area contributed by atoms with E-state index in [1.807, 2.05) is 48.7 Å². The number of carbonyl (C=O) groups is 2. The van der Waals surface area contributed by atoms with Crippen molar-refractivity contribution in [3.05, 3.63) is 116 Å². The number of aryl methyl sites for hydroxylation is 1. The molecule has 2 amide bonds. The van der Waals surface area contributed by atoms with E-state index in [1.54, 1.807) is 48.5 Å². The summed E-state index contributed by atoms with van der Waals surface area (Å²) < 4.78 is 11.9. The SMILES string of the molecule is COc1cc(/C=N/NC(=O)c2ccc(-c3csc(Nc4ccc(C)cc4)n3)cc2)cc(I)c1OCC(=O)Nc1ccccc1Cl. The van der Waals surface area contributed by atoms with Crippen LogP contribution in [-0.4, -0.2) is 36.7 Å². The zero-order chi connectivity index (χ0) is 31.8. The molecule has 0 saturated heterocycles. The van der Waals surface area contributed by atoms with Gasteiger partial charge in [0, 0.05) is 22.2 Å². The summed E-state index contributed by atoms with van der Waals surface area (Å²) in [6.07, 6.45) is 1.50. The number of ether oxygens (including phenoxy) is 2. The Bertz CT molecular complexity index is 1850. The molecule has 0 atom stereocenters. The maximum atomic E-state index is 12.7. The number of methoxy groups -OCH3 is 1. The number of rotatable bonds is 11. The van der Waals surface area contributed by atoms with Crippen molar-refractivity contribution in [2.75, 3.05) is 24.4 Å². The maximum absolute atomic E-state index is 12.7. The van der Waals surface area contributed by atoms with Crippen LogP contribution < -0.4 is 25.5 Å². The molecule has 5 rings (SSSR count). The summed E-state index contributed by atoms with van der Waals surface area (Å²) in [5.41, 5.74) is 8.05. The van der Waals surface area contributed by atoms with Gasteiger partial charge in [-0.3, -0.25) is 9.59 Å². The highest BCUT2D eigenvalue weighted by molar-refractivity contribution is 14.1. The van der Waals surface area contributed by atoms with Crippen LogP contribution in [0.1, 0.15) is 21.5 Å². The van der Waals surface area contributed by atoms with Gasteiger partial charge in [-0.2, -0.15) is 5.10 Å². The van der Waals surface area contributed by atoms with Crippen LogP contribution in [0, 0.1) is 10.5 Å². The maximum Gasteiger partial charge on any atom is 0.271 e. The lowest BCUT2D eigenvalue weighted by molar-refractivity contribution is -0.118. The molecular formula is C33H27ClIN5O4S. The molecule has 5 aromatic rings. The second-order valence-electron chi connectivity index (χ2n) is 9.66. The fourth-order valence-corrected chi connectivity index (χ4v) is 5.79. The van der Waals surface area contributed by atoms with Crippen molar-refractivity contribution in [3.8, 4) is 22.8 Å². The zero-order valence-corrected chi connectivity index (χ0v) is 27.9. The normalized spacial score (nSPS) is 10.8. The molecule has 0 fully saturated rings. The molecular weight excluding hydrogens is 725 g/mol. The summed E-state index contributed by atoms with van der Waals surface area (Å²) >= 11 is 9.70. The molecule has 0 unspecified atom stereocenters. The number of nitrogens with zero attached hydrogens (tertiary/aromatic N) is 2. The van der Waals surface area contributed by atoms with Gasteiger partial charge in [-0.1, -0.05) is 53.6 Å². The Morgan fingerprint density at radius 3 is 2.53 bits per heavy atom. The molecule has 0 aliphatic rings. The minimum atomic E-state index is -0.367. The van der Waals surface area contributed by atoms with Crippen molar-refractivity contribution in [2.24, 2.45) is 5.10 Å². The lowest BCUT2D eigenvalue weighted by atomic mass is 10.1. The molecule has 45 heavy (non-hydrogen) atoms. The van der Waals surface area contributed by atoms with Crippen LogP contribution in [0.5, 0.6) is 11.5 Å². The quantitative estimate of drug-likeness (QED) is 0.0719. The van der Waals surface area contributed by atoms with E-state index in [0.29, 0.717) is 36.9 Å². The second kappa shape index (κ2) is 15.0. The van der Waals surface area contributed by atoms with Gasteiger partial charge in [0.15, 0.2) is 23.2 Å². The van der Waals surface area contributed by atoms with Gasteiger partial charge in [-0.05, 0) is 83.6 Å². The van der Waals surface area contributed by atoms with Gasteiger partial charge in [0.1, 0.15) is 0 Å². The number of benzene rings is 4. The van der Waals surface area contributed by atoms with Crippen LogP contribution in [0.4, 0.5) is 16.5 Å². The number of hydrazone groups is 1. The number of anilines is 3. The van der Waals surface area contributed by atoms with E-state index < -0.39 is 0 Å². The van der Waals surface area contributed by atoms with E-state index in [0.717, 1.165) is 22.1 Å². The Kier molecular flexibility index (Phi) is 10.7. The molecule has 228 valence electrons. The van der Waals surface area contributed by atoms with E-state index in [-0.39, 0.29) is 18.4 Å². The Balaban J connectivity index is 1.16. The first-order chi connectivity index (χ1) is 21.8. The van der Waals surface area contributed by atoms with E-state index in [9.17, 15) is 9.59 Å².